The van der Waals surface area contributed by atoms with E-state index >= 15 is 0 Å². The fourth-order valence-electron chi connectivity index (χ4n) is 2.53. The number of nitrogens with two attached hydrogens (primary N) is 1. The van der Waals surface area contributed by atoms with Gasteiger partial charge < -0.3 is 15.8 Å². The Hall–Kier alpha value is -2.08. The molecule has 1 aromatic heterocycles. The maximum atomic E-state index is 12.1. The van der Waals surface area contributed by atoms with Gasteiger partial charge in [0.05, 0.1) is 23.0 Å². The van der Waals surface area contributed by atoms with Crippen molar-refractivity contribution >= 4 is 22.5 Å². The summed E-state index contributed by atoms with van der Waals surface area (Å²) in [5.74, 6) is 0.472. The predicted octanol–water partition coefficient (Wildman–Crippen LogP) is 1.49. The van der Waals surface area contributed by atoms with Crippen molar-refractivity contribution < 1.29 is 4.74 Å². The second-order valence-corrected chi connectivity index (χ2v) is 5.53. The van der Waals surface area contributed by atoms with Crippen molar-refractivity contribution in [3.05, 3.63) is 28.6 Å². The molecule has 2 aromatic rings. The molecule has 1 aliphatic rings. The highest BCUT2D eigenvalue weighted by molar-refractivity contribution is 5.81. The summed E-state index contributed by atoms with van der Waals surface area (Å²) >= 11 is 0. The SMILES string of the molecule is CC1(Nc2nc3ccc(N)cc3c(=O)[nH]2)CCCOC1. The average molecular weight is 274 g/mol. The van der Waals surface area contributed by atoms with Gasteiger partial charge in [-0.15, -0.1) is 0 Å². The van der Waals surface area contributed by atoms with Gasteiger partial charge in [-0.05, 0) is 38.0 Å². The molecule has 1 aliphatic heterocycles. The Morgan fingerprint density at radius 3 is 3.10 bits per heavy atom. The predicted molar refractivity (Wildman–Crippen MR) is 78.9 cm³/mol. The molecule has 0 radical (unpaired) electrons. The molecule has 0 aliphatic carbocycles. The van der Waals surface area contributed by atoms with Crippen LogP contribution in [0.2, 0.25) is 0 Å². The average Bonchev–Trinajstić information content (AvgIpc) is 2.40. The van der Waals surface area contributed by atoms with E-state index in [9.17, 15) is 4.79 Å². The summed E-state index contributed by atoms with van der Waals surface area (Å²) in [6.45, 7) is 3.47. The van der Waals surface area contributed by atoms with E-state index in [4.69, 9.17) is 10.5 Å². The van der Waals surface area contributed by atoms with Gasteiger partial charge >= 0.3 is 0 Å². The van der Waals surface area contributed by atoms with E-state index < -0.39 is 0 Å². The lowest BCUT2D eigenvalue weighted by Gasteiger charge is -2.34. The number of fused-ring (bicyclic) bond motifs is 1. The minimum atomic E-state index is -0.199. The second kappa shape index (κ2) is 4.79. The molecule has 6 nitrogen and oxygen atoms in total. The number of nitrogens with zero attached hydrogens (tertiary/aromatic N) is 1. The Morgan fingerprint density at radius 1 is 1.50 bits per heavy atom. The fourth-order valence-corrected chi connectivity index (χ4v) is 2.53. The smallest absolute Gasteiger partial charge is 0.260 e. The highest BCUT2D eigenvalue weighted by atomic mass is 16.5. The van der Waals surface area contributed by atoms with E-state index in [0.717, 1.165) is 19.4 Å². The van der Waals surface area contributed by atoms with Crippen LogP contribution in [0.25, 0.3) is 10.9 Å². The lowest BCUT2D eigenvalue weighted by atomic mass is 9.95. The molecule has 3 rings (SSSR count). The number of hydrogen-bond acceptors (Lipinski definition) is 5. The molecular formula is C14H18N4O2. The number of hydrogen-bond donors (Lipinski definition) is 3. The van der Waals surface area contributed by atoms with Crippen molar-refractivity contribution in [2.75, 3.05) is 24.3 Å². The third kappa shape index (κ3) is 2.46. The molecule has 2 heterocycles. The quantitative estimate of drug-likeness (QED) is 0.721. The van der Waals surface area contributed by atoms with Crippen LogP contribution in [0.15, 0.2) is 23.0 Å². The molecule has 1 fully saturated rings. The number of nitrogens with one attached hydrogen (secondary N) is 2. The van der Waals surface area contributed by atoms with Crippen molar-refractivity contribution in [1.29, 1.82) is 0 Å². The van der Waals surface area contributed by atoms with Crippen molar-refractivity contribution in [2.24, 2.45) is 0 Å². The topological polar surface area (TPSA) is 93.0 Å². The Balaban J connectivity index is 1.96. The van der Waals surface area contributed by atoms with Crippen LogP contribution in [0.4, 0.5) is 11.6 Å². The van der Waals surface area contributed by atoms with Gasteiger partial charge in [-0.3, -0.25) is 9.78 Å². The van der Waals surface area contributed by atoms with Crippen LogP contribution < -0.4 is 16.6 Å². The van der Waals surface area contributed by atoms with E-state index in [1.807, 2.05) is 0 Å². The van der Waals surface area contributed by atoms with Crippen LogP contribution in [0.1, 0.15) is 19.8 Å². The molecule has 0 bridgehead atoms. The zero-order chi connectivity index (χ0) is 14.2. The summed E-state index contributed by atoms with van der Waals surface area (Å²) in [6, 6.07) is 5.13. The summed E-state index contributed by atoms with van der Waals surface area (Å²) < 4.78 is 5.49. The zero-order valence-corrected chi connectivity index (χ0v) is 11.4. The number of ether oxygens (including phenoxy) is 1. The molecular weight excluding hydrogens is 256 g/mol. The molecule has 6 heteroatoms. The van der Waals surface area contributed by atoms with E-state index in [1.54, 1.807) is 18.2 Å². The number of H-pyrrole nitrogens is 1. The van der Waals surface area contributed by atoms with E-state index in [-0.39, 0.29) is 11.1 Å². The van der Waals surface area contributed by atoms with Gasteiger partial charge in [0.15, 0.2) is 0 Å². The Bertz CT molecular complexity index is 689. The molecule has 1 unspecified atom stereocenters. The lowest BCUT2D eigenvalue weighted by molar-refractivity contribution is 0.0537. The highest BCUT2D eigenvalue weighted by Gasteiger charge is 2.28. The minimum Gasteiger partial charge on any atom is -0.399 e. The summed E-state index contributed by atoms with van der Waals surface area (Å²) in [6.07, 6.45) is 1.98. The maximum absolute atomic E-state index is 12.1. The number of benzene rings is 1. The molecule has 0 amide bonds. The molecule has 1 saturated heterocycles. The van der Waals surface area contributed by atoms with Crippen LogP contribution in [0.5, 0.6) is 0 Å². The number of anilines is 2. The molecule has 20 heavy (non-hydrogen) atoms. The van der Waals surface area contributed by atoms with Crippen LogP contribution in [-0.2, 0) is 4.74 Å². The number of rotatable bonds is 2. The van der Waals surface area contributed by atoms with Crippen molar-refractivity contribution in [1.82, 2.24) is 9.97 Å². The summed E-state index contributed by atoms with van der Waals surface area (Å²) in [4.78, 5) is 19.3. The minimum absolute atomic E-state index is 0.190. The Morgan fingerprint density at radius 2 is 2.35 bits per heavy atom. The van der Waals surface area contributed by atoms with Crippen molar-refractivity contribution in [3.8, 4) is 0 Å². The third-order valence-corrected chi connectivity index (χ3v) is 3.59. The number of aromatic nitrogens is 2. The standard InChI is InChI=1S/C14H18N4O2/c1-14(5-2-6-20-8-14)18-13-16-11-4-3-9(15)7-10(11)12(19)17-13/h3-4,7H,2,5-6,8,15H2,1H3,(H2,16,17,18,19). The lowest BCUT2D eigenvalue weighted by Crippen LogP contribution is -2.43. The molecule has 1 aromatic carbocycles. The zero-order valence-electron chi connectivity index (χ0n) is 11.4. The van der Waals surface area contributed by atoms with Crippen LogP contribution >= 0.6 is 0 Å². The monoisotopic (exact) mass is 274 g/mol. The first kappa shape index (κ1) is 12.9. The molecule has 106 valence electrons. The van der Waals surface area contributed by atoms with Crippen molar-refractivity contribution in [3.63, 3.8) is 0 Å². The summed E-state index contributed by atoms with van der Waals surface area (Å²) in [5.41, 5.74) is 6.48. The van der Waals surface area contributed by atoms with Gasteiger partial charge in [-0.2, -0.15) is 0 Å². The third-order valence-electron chi connectivity index (χ3n) is 3.59. The molecule has 1 atom stereocenters. The molecule has 4 N–H and O–H groups in total. The number of nitrogen functional groups attached to an aromatic ring is 1. The van der Waals surface area contributed by atoms with Gasteiger partial charge in [0.25, 0.3) is 5.56 Å². The van der Waals surface area contributed by atoms with E-state index in [1.165, 1.54) is 0 Å². The highest BCUT2D eigenvalue weighted by Crippen LogP contribution is 2.22. The summed E-state index contributed by atoms with van der Waals surface area (Å²) in [5, 5.41) is 3.78. The largest absolute Gasteiger partial charge is 0.399 e. The van der Waals surface area contributed by atoms with Gasteiger partial charge in [0, 0.05) is 12.3 Å². The van der Waals surface area contributed by atoms with E-state index in [2.05, 4.69) is 22.2 Å². The van der Waals surface area contributed by atoms with Gasteiger partial charge in [0.2, 0.25) is 5.95 Å². The fraction of sp³-hybridized carbons (Fsp3) is 0.429. The van der Waals surface area contributed by atoms with Crippen molar-refractivity contribution in [2.45, 2.75) is 25.3 Å². The van der Waals surface area contributed by atoms with E-state index in [0.29, 0.717) is 29.1 Å². The van der Waals surface area contributed by atoms with Gasteiger partial charge in [-0.25, -0.2) is 4.98 Å². The summed E-state index contributed by atoms with van der Waals surface area (Å²) in [7, 11) is 0. The Labute approximate surface area is 116 Å². The first-order chi connectivity index (χ1) is 9.56. The normalized spacial score (nSPS) is 22.9. The van der Waals surface area contributed by atoms with Crippen LogP contribution in [0.3, 0.4) is 0 Å². The number of aromatic amines is 1. The first-order valence-electron chi connectivity index (χ1n) is 6.71. The van der Waals surface area contributed by atoms with Gasteiger partial charge in [0.1, 0.15) is 0 Å². The second-order valence-electron chi connectivity index (χ2n) is 5.53. The van der Waals surface area contributed by atoms with Gasteiger partial charge in [-0.1, -0.05) is 0 Å². The molecule has 0 saturated carbocycles. The maximum Gasteiger partial charge on any atom is 0.260 e. The first-order valence-corrected chi connectivity index (χ1v) is 6.71. The molecule has 0 spiro atoms. The Kier molecular flexibility index (Phi) is 3.10. The van der Waals surface area contributed by atoms with Crippen LogP contribution in [0, 0.1) is 0 Å². The van der Waals surface area contributed by atoms with Crippen LogP contribution in [-0.4, -0.2) is 28.7 Å².